The van der Waals surface area contributed by atoms with E-state index in [0.29, 0.717) is 17.7 Å². The van der Waals surface area contributed by atoms with Crippen LogP contribution in [0.2, 0.25) is 5.15 Å². The van der Waals surface area contributed by atoms with Gasteiger partial charge in [0, 0.05) is 19.1 Å². The first-order valence-corrected chi connectivity index (χ1v) is 6.98. The lowest BCUT2D eigenvalue weighted by Crippen LogP contribution is -2.38. The molecule has 0 aliphatic heterocycles. The first-order valence-electron chi connectivity index (χ1n) is 6.61. The Balaban J connectivity index is 1.98. The molecule has 1 aromatic rings. The van der Waals surface area contributed by atoms with Gasteiger partial charge >= 0.3 is 0 Å². The minimum atomic E-state index is 0.192. The highest BCUT2D eigenvalue weighted by Crippen LogP contribution is 2.23. The number of hydrogen-bond acceptors (Lipinski definition) is 4. The third kappa shape index (κ3) is 3.90. The minimum absolute atomic E-state index is 0.192. The Kier molecular flexibility index (Phi) is 5.35. The van der Waals surface area contributed by atoms with E-state index >= 15 is 0 Å². The summed E-state index contributed by atoms with van der Waals surface area (Å²) in [7, 11) is 0. The largest absolute Gasteiger partial charge is 0.395 e. The summed E-state index contributed by atoms with van der Waals surface area (Å²) in [5.41, 5.74) is 0.915. The van der Waals surface area contributed by atoms with Gasteiger partial charge in [-0.1, -0.05) is 30.9 Å². The summed E-state index contributed by atoms with van der Waals surface area (Å²) in [4.78, 5) is 10.6. The molecule has 1 N–H and O–H groups in total. The van der Waals surface area contributed by atoms with E-state index in [1.54, 1.807) is 12.4 Å². The van der Waals surface area contributed by atoms with Crippen molar-refractivity contribution >= 4 is 11.6 Å². The van der Waals surface area contributed by atoms with Crippen molar-refractivity contribution in [2.24, 2.45) is 0 Å². The standard InChI is InChI=1S/C13H20ClN3O/c14-13-9-15-11(8-16-13)10-17(6-7-18)12-4-2-1-3-5-12/h8-9,12,18H,1-7,10H2. The maximum atomic E-state index is 9.19. The molecule has 1 aliphatic rings. The quantitative estimate of drug-likeness (QED) is 0.891. The van der Waals surface area contributed by atoms with Crippen LogP contribution >= 0.6 is 11.6 Å². The second-order valence-electron chi connectivity index (χ2n) is 4.82. The molecule has 0 atom stereocenters. The van der Waals surface area contributed by atoms with E-state index in [-0.39, 0.29) is 6.61 Å². The fraction of sp³-hybridized carbons (Fsp3) is 0.692. The lowest BCUT2D eigenvalue weighted by atomic mass is 9.94. The first-order chi connectivity index (χ1) is 8.79. The van der Waals surface area contributed by atoms with Gasteiger partial charge in [-0.2, -0.15) is 0 Å². The van der Waals surface area contributed by atoms with E-state index < -0.39 is 0 Å². The fourth-order valence-electron chi connectivity index (χ4n) is 2.59. The van der Waals surface area contributed by atoms with Crippen LogP contribution < -0.4 is 0 Å². The van der Waals surface area contributed by atoms with E-state index in [2.05, 4.69) is 14.9 Å². The summed E-state index contributed by atoms with van der Waals surface area (Å²) < 4.78 is 0. The van der Waals surface area contributed by atoms with Crippen molar-refractivity contribution in [3.05, 3.63) is 23.2 Å². The van der Waals surface area contributed by atoms with E-state index in [9.17, 15) is 5.11 Å². The molecule has 0 radical (unpaired) electrons. The normalized spacial score (nSPS) is 17.3. The predicted octanol–water partition coefficient (Wildman–Crippen LogP) is 2.26. The van der Waals surface area contributed by atoms with Crippen molar-refractivity contribution in [2.45, 2.75) is 44.7 Å². The van der Waals surface area contributed by atoms with Crippen molar-refractivity contribution in [1.29, 1.82) is 0 Å². The lowest BCUT2D eigenvalue weighted by Gasteiger charge is -2.33. The van der Waals surface area contributed by atoms with Gasteiger partial charge in [0.2, 0.25) is 0 Å². The molecule has 100 valence electrons. The van der Waals surface area contributed by atoms with Gasteiger partial charge in [-0.3, -0.25) is 9.88 Å². The molecule has 0 saturated heterocycles. The third-order valence-corrected chi connectivity index (χ3v) is 3.71. The second kappa shape index (κ2) is 7.02. The Morgan fingerprint density at radius 3 is 2.61 bits per heavy atom. The van der Waals surface area contributed by atoms with Crippen LogP contribution in [0, 0.1) is 0 Å². The predicted molar refractivity (Wildman–Crippen MR) is 71.4 cm³/mol. The maximum Gasteiger partial charge on any atom is 0.147 e. The lowest BCUT2D eigenvalue weighted by molar-refractivity contribution is 0.116. The molecule has 5 heteroatoms. The average Bonchev–Trinajstić information content (AvgIpc) is 2.42. The number of aromatic nitrogens is 2. The molecule has 1 aromatic heterocycles. The molecule has 0 spiro atoms. The first kappa shape index (κ1) is 13.7. The Morgan fingerprint density at radius 2 is 2.00 bits per heavy atom. The van der Waals surface area contributed by atoms with Gasteiger partial charge in [0.05, 0.1) is 24.7 Å². The monoisotopic (exact) mass is 269 g/mol. The van der Waals surface area contributed by atoms with Gasteiger partial charge in [-0.15, -0.1) is 0 Å². The molecule has 1 aliphatic carbocycles. The highest BCUT2D eigenvalue weighted by molar-refractivity contribution is 6.29. The van der Waals surface area contributed by atoms with E-state index in [4.69, 9.17) is 11.6 Å². The average molecular weight is 270 g/mol. The molecule has 0 bridgehead atoms. The summed E-state index contributed by atoms with van der Waals surface area (Å²) >= 11 is 5.73. The summed E-state index contributed by atoms with van der Waals surface area (Å²) in [6.07, 6.45) is 9.66. The SMILES string of the molecule is OCCN(Cc1cnc(Cl)cn1)C1CCCCC1. The number of halogens is 1. The van der Waals surface area contributed by atoms with E-state index in [1.165, 1.54) is 32.1 Å². The summed E-state index contributed by atoms with van der Waals surface area (Å²) in [6, 6.07) is 0.573. The van der Waals surface area contributed by atoms with Gasteiger partial charge in [-0.25, -0.2) is 4.98 Å². The fourth-order valence-corrected chi connectivity index (χ4v) is 2.69. The molecule has 1 heterocycles. The number of nitrogens with zero attached hydrogens (tertiary/aromatic N) is 3. The van der Waals surface area contributed by atoms with E-state index in [1.807, 2.05) is 0 Å². The molecule has 1 saturated carbocycles. The maximum absolute atomic E-state index is 9.19. The minimum Gasteiger partial charge on any atom is -0.395 e. The smallest absolute Gasteiger partial charge is 0.147 e. The molecule has 0 unspecified atom stereocenters. The highest BCUT2D eigenvalue weighted by Gasteiger charge is 2.21. The zero-order valence-electron chi connectivity index (χ0n) is 10.6. The van der Waals surface area contributed by atoms with Gasteiger partial charge < -0.3 is 5.11 Å². The van der Waals surface area contributed by atoms with Crippen LogP contribution in [0.3, 0.4) is 0 Å². The summed E-state index contributed by atoms with van der Waals surface area (Å²) in [6.45, 7) is 1.64. The molecule has 0 aromatic carbocycles. The molecule has 4 nitrogen and oxygen atoms in total. The topological polar surface area (TPSA) is 49.2 Å². The molecule has 2 rings (SSSR count). The van der Waals surface area contributed by atoms with E-state index in [0.717, 1.165) is 12.2 Å². The molecular weight excluding hydrogens is 250 g/mol. The van der Waals surface area contributed by atoms with Crippen LogP contribution in [-0.4, -0.2) is 39.2 Å². The van der Waals surface area contributed by atoms with Crippen LogP contribution in [-0.2, 0) is 6.54 Å². The van der Waals surface area contributed by atoms with Crippen LogP contribution in [0.1, 0.15) is 37.8 Å². The van der Waals surface area contributed by atoms with Crippen molar-refractivity contribution in [3.63, 3.8) is 0 Å². The Hall–Kier alpha value is -0.710. The van der Waals surface area contributed by atoms with Crippen molar-refractivity contribution in [2.75, 3.05) is 13.2 Å². The van der Waals surface area contributed by atoms with Crippen LogP contribution in [0.25, 0.3) is 0 Å². The molecule has 0 amide bonds. The summed E-state index contributed by atoms with van der Waals surface area (Å²) in [5, 5.41) is 9.61. The molecule has 1 fully saturated rings. The number of hydrogen-bond donors (Lipinski definition) is 1. The number of aliphatic hydroxyl groups excluding tert-OH is 1. The Labute approximate surface area is 113 Å². The molecule has 18 heavy (non-hydrogen) atoms. The van der Waals surface area contributed by atoms with Gasteiger partial charge in [0.25, 0.3) is 0 Å². The number of rotatable bonds is 5. The zero-order valence-corrected chi connectivity index (χ0v) is 11.3. The second-order valence-corrected chi connectivity index (χ2v) is 5.20. The zero-order chi connectivity index (χ0) is 12.8. The van der Waals surface area contributed by atoms with Crippen LogP contribution in [0.4, 0.5) is 0 Å². The Morgan fingerprint density at radius 1 is 1.22 bits per heavy atom. The van der Waals surface area contributed by atoms with Crippen LogP contribution in [0.15, 0.2) is 12.4 Å². The number of aliphatic hydroxyl groups is 1. The van der Waals surface area contributed by atoms with Crippen LogP contribution in [0.5, 0.6) is 0 Å². The van der Waals surface area contributed by atoms with Crippen molar-refractivity contribution in [3.8, 4) is 0 Å². The third-order valence-electron chi connectivity index (χ3n) is 3.52. The van der Waals surface area contributed by atoms with Gasteiger partial charge in [-0.05, 0) is 12.8 Å². The van der Waals surface area contributed by atoms with Gasteiger partial charge in [0.15, 0.2) is 0 Å². The highest BCUT2D eigenvalue weighted by atomic mass is 35.5. The van der Waals surface area contributed by atoms with Crippen molar-refractivity contribution in [1.82, 2.24) is 14.9 Å². The summed E-state index contributed by atoms with van der Waals surface area (Å²) in [5.74, 6) is 0. The van der Waals surface area contributed by atoms with Gasteiger partial charge in [0.1, 0.15) is 5.15 Å². The van der Waals surface area contributed by atoms with Crippen molar-refractivity contribution < 1.29 is 5.11 Å². The molecular formula is C13H20ClN3O. The Bertz CT molecular complexity index is 352.